The summed E-state index contributed by atoms with van der Waals surface area (Å²) in [4.78, 5) is 39.9. The highest BCUT2D eigenvalue weighted by molar-refractivity contribution is 6.09. The molecule has 1 fully saturated rings. The van der Waals surface area contributed by atoms with Gasteiger partial charge in [0.15, 0.2) is 0 Å². The topological polar surface area (TPSA) is 69.7 Å². The summed E-state index contributed by atoms with van der Waals surface area (Å²) >= 11 is 0. The van der Waals surface area contributed by atoms with Crippen LogP contribution in [0.3, 0.4) is 0 Å². The Morgan fingerprint density at radius 3 is 2.48 bits per heavy atom. The van der Waals surface area contributed by atoms with E-state index in [1.807, 2.05) is 18.2 Å². The first kappa shape index (κ1) is 15.5. The van der Waals surface area contributed by atoms with Crippen molar-refractivity contribution < 1.29 is 14.4 Å². The highest BCUT2D eigenvalue weighted by Crippen LogP contribution is 2.23. The lowest BCUT2D eigenvalue weighted by Gasteiger charge is -2.33. The van der Waals surface area contributed by atoms with Gasteiger partial charge in [-0.25, -0.2) is 9.69 Å². The first-order valence-corrected chi connectivity index (χ1v) is 7.82. The fourth-order valence-electron chi connectivity index (χ4n) is 3.18. The molecule has 122 valence electrons. The van der Waals surface area contributed by atoms with Gasteiger partial charge in [0.25, 0.3) is 5.91 Å². The van der Waals surface area contributed by atoms with Crippen LogP contribution < -0.4 is 5.32 Å². The quantitative estimate of drug-likeness (QED) is 0.836. The van der Waals surface area contributed by atoms with Crippen LogP contribution in [-0.2, 0) is 22.6 Å². The molecule has 2 aliphatic heterocycles. The van der Waals surface area contributed by atoms with Gasteiger partial charge in [-0.2, -0.15) is 0 Å². The number of hydrogen-bond acceptors (Lipinski definition) is 3. The predicted molar refractivity (Wildman–Crippen MR) is 84.5 cm³/mol. The first-order chi connectivity index (χ1) is 10.8. The van der Waals surface area contributed by atoms with E-state index in [0.29, 0.717) is 13.1 Å². The number of benzene rings is 1. The van der Waals surface area contributed by atoms with Crippen molar-refractivity contribution in [3.63, 3.8) is 0 Å². The zero-order chi connectivity index (χ0) is 16.8. The highest BCUT2D eigenvalue weighted by Gasteiger charge is 2.48. The van der Waals surface area contributed by atoms with Crippen molar-refractivity contribution in [3.8, 4) is 0 Å². The summed E-state index contributed by atoms with van der Waals surface area (Å²) in [5.74, 6) is -0.554. The average molecular weight is 315 g/mol. The molecule has 3 rings (SSSR count). The zero-order valence-corrected chi connectivity index (χ0v) is 13.6. The van der Waals surface area contributed by atoms with Crippen molar-refractivity contribution in [1.29, 1.82) is 0 Å². The second-order valence-corrected chi connectivity index (χ2v) is 6.68. The lowest BCUT2D eigenvalue weighted by molar-refractivity contribution is -0.143. The summed E-state index contributed by atoms with van der Waals surface area (Å²) in [6.45, 7) is 6.02. The van der Waals surface area contributed by atoms with Crippen LogP contribution in [0.4, 0.5) is 4.79 Å². The summed E-state index contributed by atoms with van der Waals surface area (Å²) in [5, 5.41) is 2.61. The Morgan fingerprint density at radius 2 is 1.87 bits per heavy atom. The van der Waals surface area contributed by atoms with Gasteiger partial charge < -0.3 is 10.2 Å². The summed E-state index contributed by atoms with van der Waals surface area (Å²) in [6, 6.07) is 6.73. The van der Waals surface area contributed by atoms with E-state index in [4.69, 9.17) is 0 Å². The second-order valence-electron chi connectivity index (χ2n) is 6.68. The lowest BCUT2D eigenvalue weighted by atomic mass is 9.99. The SMILES string of the molecule is CC(C(=O)N1CCc2ccccc2C1)N1C(=O)NC(C)(C)C1=O. The van der Waals surface area contributed by atoms with Gasteiger partial charge in [0, 0.05) is 13.1 Å². The lowest BCUT2D eigenvalue weighted by Crippen LogP contribution is -2.51. The third kappa shape index (κ3) is 2.58. The van der Waals surface area contributed by atoms with Crippen molar-refractivity contribution in [2.24, 2.45) is 0 Å². The third-order valence-electron chi connectivity index (χ3n) is 4.58. The zero-order valence-electron chi connectivity index (χ0n) is 13.6. The summed E-state index contributed by atoms with van der Waals surface area (Å²) in [6.07, 6.45) is 0.792. The van der Waals surface area contributed by atoms with Gasteiger partial charge >= 0.3 is 6.03 Å². The molecule has 0 bridgehead atoms. The molecule has 1 unspecified atom stereocenters. The first-order valence-electron chi connectivity index (χ1n) is 7.82. The number of nitrogens with zero attached hydrogens (tertiary/aromatic N) is 2. The molecule has 1 saturated heterocycles. The molecular formula is C17H21N3O3. The normalized spacial score (nSPS) is 21.0. The number of carbonyl (C=O) groups is 3. The smallest absolute Gasteiger partial charge is 0.325 e. The molecule has 6 heteroatoms. The summed E-state index contributed by atoms with van der Waals surface area (Å²) < 4.78 is 0. The van der Waals surface area contributed by atoms with Gasteiger partial charge in [0.05, 0.1) is 0 Å². The molecule has 6 nitrogen and oxygen atoms in total. The molecule has 2 heterocycles. The van der Waals surface area contributed by atoms with Crippen molar-refractivity contribution in [1.82, 2.24) is 15.1 Å². The van der Waals surface area contributed by atoms with Crippen LogP contribution in [0.2, 0.25) is 0 Å². The number of carbonyl (C=O) groups excluding carboxylic acids is 3. The maximum atomic E-state index is 12.7. The van der Waals surface area contributed by atoms with E-state index in [9.17, 15) is 14.4 Å². The Balaban J connectivity index is 1.76. The molecular weight excluding hydrogens is 294 g/mol. The summed E-state index contributed by atoms with van der Waals surface area (Å²) in [7, 11) is 0. The number of hydrogen-bond donors (Lipinski definition) is 1. The van der Waals surface area contributed by atoms with Crippen LogP contribution in [0.25, 0.3) is 0 Å². The Hall–Kier alpha value is -2.37. The van der Waals surface area contributed by atoms with Crippen molar-refractivity contribution >= 4 is 17.8 Å². The Labute approximate surface area is 135 Å². The molecule has 4 amide bonds. The van der Waals surface area contributed by atoms with Crippen LogP contribution in [0.1, 0.15) is 31.9 Å². The van der Waals surface area contributed by atoms with E-state index >= 15 is 0 Å². The second kappa shape index (κ2) is 5.37. The van der Waals surface area contributed by atoms with Crippen LogP contribution in [0.15, 0.2) is 24.3 Å². The van der Waals surface area contributed by atoms with Crippen LogP contribution in [0, 0.1) is 0 Å². The fourth-order valence-corrected chi connectivity index (χ4v) is 3.18. The van der Waals surface area contributed by atoms with Crippen molar-refractivity contribution in [3.05, 3.63) is 35.4 Å². The molecule has 2 aliphatic rings. The molecule has 0 saturated carbocycles. The van der Waals surface area contributed by atoms with Gasteiger partial charge in [-0.15, -0.1) is 0 Å². The minimum absolute atomic E-state index is 0.194. The molecule has 0 aromatic heterocycles. The van der Waals surface area contributed by atoms with Crippen molar-refractivity contribution in [2.45, 2.75) is 45.3 Å². The van der Waals surface area contributed by atoms with Crippen LogP contribution in [-0.4, -0.2) is 45.8 Å². The number of imide groups is 1. The Bertz CT molecular complexity index is 683. The predicted octanol–water partition coefficient (Wildman–Crippen LogP) is 1.29. The highest BCUT2D eigenvalue weighted by atomic mass is 16.2. The van der Waals surface area contributed by atoms with Gasteiger partial charge in [-0.3, -0.25) is 9.59 Å². The molecule has 1 N–H and O–H groups in total. The minimum atomic E-state index is -0.958. The molecule has 0 radical (unpaired) electrons. The van der Waals surface area contributed by atoms with Crippen molar-refractivity contribution in [2.75, 3.05) is 6.54 Å². The van der Waals surface area contributed by atoms with Crippen LogP contribution >= 0.6 is 0 Å². The number of nitrogens with one attached hydrogen (secondary N) is 1. The number of urea groups is 1. The van der Waals surface area contributed by atoms with Gasteiger partial charge in [-0.1, -0.05) is 24.3 Å². The Kier molecular flexibility index (Phi) is 3.62. The van der Waals surface area contributed by atoms with E-state index in [0.717, 1.165) is 16.9 Å². The maximum Gasteiger partial charge on any atom is 0.325 e. The van der Waals surface area contributed by atoms with E-state index < -0.39 is 17.6 Å². The molecule has 1 aromatic carbocycles. The Morgan fingerprint density at radius 1 is 1.22 bits per heavy atom. The van der Waals surface area contributed by atoms with Gasteiger partial charge in [0.1, 0.15) is 11.6 Å². The largest absolute Gasteiger partial charge is 0.336 e. The number of rotatable bonds is 2. The number of fused-ring (bicyclic) bond motifs is 1. The van der Waals surface area contributed by atoms with E-state index in [1.165, 1.54) is 5.56 Å². The molecule has 23 heavy (non-hydrogen) atoms. The standard InChI is InChI=1S/C17H21N3O3/c1-11(20-15(22)17(2,3)18-16(20)23)14(21)19-9-8-12-6-4-5-7-13(12)10-19/h4-7,11H,8-10H2,1-3H3,(H,18,23). The number of amides is 4. The molecule has 1 atom stereocenters. The average Bonchev–Trinajstić information content (AvgIpc) is 2.73. The van der Waals surface area contributed by atoms with E-state index in [-0.39, 0.29) is 11.8 Å². The molecule has 0 aliphatic carbocycles. The van der Waals surface area contributed by atoms with Crippen LogP contribution in [0.5, 0.6) is 0 Å². The van der Waals surface area contributed by atoms with Gasteiger partial charge in [-0.05, 0) is 38.3 Å². The third-order valence-corrected chi connectivity index (χ3v) is 4.58. The molecule has 1 aromatic rings. The van der Waals surface area contributed by atoms with E-state index in [2.05, 4.69) is 11.4 Å². The molecule has 0 spiro atoms. The summed E-state index contributed by atoms with van der Waals surface area (Å²) in [5.41, 5.74) is 1.41. The minimum Gasteiger partial charge on any atom is -0.336 e. The van der Waals surface area contributed by atoms with E-state index in [1.54, 1.807) is 25.7 Å². The van der Waals surface area contributed by atoms with Gasteiger partial charge in [0.2, 0.25) is 5.91 Å². The monoisotopic (exact) mass is 315 g/mol. The fraction of sp³-hybridized carbons (Fsp3) is 0.471. The maximum absolute atomic E-state index is 12.7.